The number of halogens is 3. The third kappa shape index (κ3) is 4.99. The third-order valence-electron chi connectivity index (χ3n) is 3.75. The van der Waals surface area contributed by atoms with Crippen LogP contribution < -0.4 is 10.5 Å². The van der Waals surface area contributed by atoms with Gasteiger partial charge in [0.05, 0.1) is 0 Å². The molecular formula is C16H19F3N2O2. The lowest BCUT2D eigenvalue weighted by Crippen LogP contribution is -2.47. The first-order valence-electron chi connectivity index (χ1n) is 7.35. The van der Waals surface area contributed by atoms with Crippen LogP contribution in [0.1, 0.15) is 25.3 Å². The van der Waals surface area contributed by atoms with Gasteiger partial charge in [-0.25, -0.2) is 0 Å². The lowest BCUT2D eigenvalue weighted by atomic mass is 9.99. The number of nitrogens with zero attached hydrogens (tertiary/aromatic N) is 1. The number of rotatable bonds is 3. The third-order valence-corrected chi connectivity index (χ3v) is 3.75. The normalized spacial score (nSPS) is 22.4. The summed E-state index contributed by atoms with van der Waals surface area (Å²) in [5.41, 5.74) is 6.05. The lowest BCUT2D eigenvalue weighted by molar-refractivity contribution is -0.274. The molecule has 0 aliphatic carbocycles. The molecule has 1 aromatic carbocycles. The van der Waals surface area contributed by atoms with Gasteiger partial charge in [0.25, 0.3) is 0 Å². The van der Waals surface area contributed by atoms with Crippen molar-refractivity contribution in [1.82, 2.24) is 4.90 Å². The summed E-state index contributed by atoms with van der Waals surface area (Å²) < 4.78 is 41.0. The van der Waals surface area contributed by atoms with E-state index < -0.39 is 6.36 Å². The van der Waals surface area contributed by atoms with Gasteiger partial charge in [-0.1, -0.05) is 18.2 Å². The van der Waals surface area contributed by atoms with E-state index in [2.05, 4.69) is 4.74 Å². The van der Waals surface area contributed by atoms with E-state index in [1.54, 1.807) is 11.0 Å². The number of carbonyl (C=O) groups is 1. The summed E-state index contributed by atoms with van der Waals surface area (Å²) in [5.74, 6) is -0.580. The first-order valence-corrected chi connectivity index (χ1v) is 7.35. The highest BCUT2D eigenvalue weighted by molar-refractivity contribution is 5.92. The van der Waals surface area contributed by atoms with Crippen molar-refractivity contribution in [2.24, 2.45) is 5.73 Å². The molecule has 7 heteroatoms. The fraction of sp³-hybridized carbons (Fsp3) is 0.438. The zero-order valence-electron chi connectivity index (χ0n) is 12.7. The van der Waals surface area contributed by atoms with Gasteiger partial charge in [-0.15, -0.1) is 13.2 Å². The molecule has 1 aliphatic rings. The predicted octanol–water partition coefficient (Wildman–Crippen LogP) is 2.94. The molecule has 2 atom stereocenters. The molecule has 1 aromatic rings. The largest absolute Gasteiger partial charge is 0.573 e. The Balaban J connectivity index is 2.09. The number of para-hydroxylation sites is 1. The molecular weight excluding hydrogens is 309 g/mol. The molecule has 0 aromatic heterocycles. The van der Waals surface area contributed by atoms with Crippen LogP contribution in [0.5, 0.6) is 5.75 Å². The number of ether oxygens (including phenoxy) is 1. The molecule has 126 valence electrons. The number of likely N-dealkylation sites (tertiary alicyclic amines) is 1. The summed E-state index contributed by atoms with van der Waals surface area (Å²) >= 11 is 0. The number of amides is 1. The van der Waals surface area contributed by atoms with E-state index in [1.807, 2.05) is 6.92 Å². The van der Waals surface area contributed by atoms with Crippen molar-refractivity contribution in [3.8, 4) is 5.75 Å². The van der Waals surface area contributed by atoms with Gasteiger partial charge in [-0.05, 0) is 31.9 Å². The van der Waals surface area contributed by atoms with Crippen molar-refractivity contribution >= 4 is 12.0 Å². The molecule has 1 fully saturated rings. The average molecular weight is 328 g/mol. The molecule has 1 aliphatic heterocycles. The second kappa shape index (κ2) is 7.04. The number of piperidine rings is 1. The Bertz CT molecular complexity index is 587. The zero-order valence-corrected chi connectivity index (χ0v) is 12.7. The summed E-state index contributed by atoms with van der Waals surface area (Å²) in [6.45, 7) is 2.46. The summed E-state index contributed by atoms with van der Waals surface area (Å²) in [7, 11) is 0. The molecule has 1 saturated heterocycles. The van der Waals surface area contributed by atoms with Gasteiger partial charge < -0.3 is 15.4 Å². The van der Waals surface area contributed by atoms with Gasteiger partial charge in [0, 0.05) is 30.3 Å². The Morgan fingerprint density at radius 1 is 1.39 bits per heavy atom. The van der Waals surface area contributed by atoms with Gasteiger partial charge in [-0.3, -0.25) is 4.79 Å². The quantitative estimate of drug-likeness (QED) is 0.868. The number of hydrogen-bond donors (Lipinski definition) is 1. The Morgan fingerprint density at radius 2 is 2.09 bits per heavy atom. The maximum Gasteiger partial charge on any atom is 0.573 e. The fourth-order valence-corrected chi connectivity index (χ4v) is 2.63. The minimum Gasteiger partial charge on any atom is -0.405 e. The standard InChI is InChI=1S/C16H19F3N2O2/c1-11-10-13(20)8-9-21(11)15(22)7-6-12-4-2-3-5-14(12)23-16(17,18)19/h2-7,11,13H,8-10,20H2,1H3/b7-6+. The van der Waals surface area contributed by atoms with Crippen molar-refractivity contribution < 1.29 is 22.7 Å². The maximum atomic E-state index is 12.4. The fourth-order valence-electron chi connectivity index (χ4n) is 2.63. The van der Waals surface area contributed by atoms with Crippen LogP contribution in [0.2, 0.25) is 0 Å². The second-order valence-corrected chi connectivity index (χ2v) is 5.58. The van der Waals surface area contributed by atoms with E-state index in [-0.39, 0.29) is 29.3 Å². The predicted molar refractivity (Wildman–Crippen MR) is 80.5 cm³/mol. The van der Waals surface area contributed by atoms with Gasteiger partial charge in [-0.2, -0.15) is 0 Å². The minimum atomic E-state index is -4.77. The van der Waals surface area contributed by atoms with Gasteiger partial charge in [0.1, 0.15) is 5.75 Å². The number of carbonyl (C=O) groups excluding carboxylic acids is 1. The summed E-state index contributed by atoms with van der Waals surface area (Å²) in [6, 6.07) is 5.78. The number of benzene rings is 1. The van der Waals surface area contributed by atoms with E-state index in [9.17, 15) is 18.0 Å². The summed E-state index contributed by atoms with van der Waals surface area (Å²) in [4.78, 5) is 13.9. The topological polar surface area (TPSA) is 55.6 Å². The van der Waals surface area contributed by atoms with E-state index >= 15 is 0 Å². The van der Waals surface area contributed by atoms with E-state index in [0.717, 1.165) is 6.42 Å². The Kier molecular flexibility index (Phi) is 5.30. The van der Waals surface area contributed by atoms with E-state index in [1.165, 1.54) is 30.4 Å². The van der Waals surface area contributed by atoms with Crippen LogP contribution >= 0.6 is 0 Å². The molecule has 2 N–H and O–H groups in total. The van der Waals surface area contributed by atoms with Gasteiger partial charge >= 0.3 is 6.36 Å². The maximum absolute atomic E-state index is 12.4. The van der Waals surface area contributed by atoms with Crippen LogP contribution in [0, 0.1) is 0 Å². The highest BCUT2D eigenvalue weighted by Gasteiger charge is 2.32. The lowest BCUT2D eigenvalue weighted by Gasteiger charge is -2.35. The van der Waals surface area contributed by atoms with Crippen molar-refractivity contribution in [2.75, 3.05) is 6.54 Å². The smallest absolute Gasteiger partial charge is 0.405 e. The van der Waals surface area contributed by atoms with Crippen molar-refractivity contribution in [3.05, 3.63) is 35.9 Å². The Hall–Kier alpha value is -2.02. The minimum absolute atomic E-state index is 0.0116. The van der Waals surface area contributed by atoms with Gasteiger partial charge in [0.15, 0.2) is 0 Å². The molecule has 1 heterocycles. The molecule has 23 heavy (non-hydrogen) atoms. The molecule has 4 nitrogen and oxygen atoms in total. The summed E-state index contributed by atoms with van der Waals surface area (Å²) in [6.07, 6.45) is -0.729. The van der Waals surface area contributed by atoms with E-state index in [4.69, 9.17) is 5.73 Å². The van der Waals surface area contributed by atoms with Gasteiger partial charge in [0.2, 0.25) is 5.91 Å². The van der Waals surface area contributed by atoms with Crippen LogP contribution in [-0.2, 0) is 4.79 Å². The number of hydrogen-bond acceptors (Lipinski definition) is 3. The van der Waals surface area contributed by atoms with Crippen molar-refractivity contribution in [1.29, 1.82) is 0 Å². The van der Waals surface area contributed by atoms with Crippen molar-refractivity contribution in [2.45, 2.75) is 38.2 Å². The molecule has 2 rings (SSSR count). The molecule has 2 unspecified atom stereocenters. The van der Waals surface area contributed by atoms with Crippen LogP contribution in [0.15, 0.2) is 30.3 Å². The SMILES string of the molecule is CC1CC(N)CCN1C(=O)/C=C/c1ccccc1OC(F)(F)F. The average Bonchev–Trinajstić information content (AvgIpc) is 2.44. The number of alkyl halides is 3. The Labute approximate surface area is 132 Å². The number of nitrogens with two attached hydrogens (primary N) is 1. The van der Waals surface area contributed by atoms with Crippen LogP contribution in [-0.4, -0.2) is 35.8 Å². The highest BCUT2D eigenvalue weighted by atomic mass is 19.4. The van der Waals surface area contributed by atoms with Crippen LogP contribution in [0.25, 0.3) is 6.08 Å². The highest BCUT2D eigenvalue weighted by Crippen LogP contribution is 2.27. The summed E-state index contributed by atoms with van der Waals surface area (Å²) in [5, 5.41) is 0. The zero-order chi connectivity index (χ0) is 17.0. The molecule has 0 spiro atoms. The van der Waals surface area contributed by atoms with Crippen LogP contribution in [0.3, 0.4) is 0 Å². The van der Waals surface area contributed by atoms with Crippen molar-refractivity contribution in [3.63, 3.8) is 0 Å². The van der Waals surface area contributed by atoms with E-state index in [0.29, 0.717) is 13.0 Å². The first kappa shape index (κ1) is 17.3. The Morgan fingerprint density at radius 3 is 2.74 bits per heavy atom. The molecule has 1 amide bonds. The second-order valence-electron chi connectivity index (χ2n) is 5.58. The molecule has 0 radical (unpaired) electrons. The monoisotopic (exact) mass is 328 g/mol. The molecule has 0 saturated carbocycles. The molecule has 0 bridgehead atoms. The van der Waals surface area contributed by atoms with Crippen LogP contribution in [0.4, 0.5) is 13.2 Å². The first-order chi connectivity index (χ1) is 10.8.